The van der Waals surface area contributed by atoms with Gasteiger partial charge in [-0.15, -0.1) is 0 Å². The third-order valence-corrected chi connectivity index (χ3v) is 3.18. The Balaban J connectivity index is 0.000000534. The molecule has 120 valence electrons. The van der Waals surface area contributed by atoms with Crippen molar-refractivity contribution in [3.63, 3.8) is 0 Å². The van der Waals surface area contributed by atoms with E-state index >= 15 is 0 Å². The number of hydrogen-bond acceptors (Lipinski definition) is 5. The minimum atomic E-state index is -0.955. The predicted molar refractivity (Wildman–Crippen MR) is 84.3 cm³/mol. The molecule has 0 aliphatic heterocycles. The summed E-state index contributed by atoms with van der Waals surface area (Å²) in [5, 5.41) is 17.4. The fraction of sp³-hybridized carbons (Fsp3) is 0.286. The van der Waals surface area contributed by atoms with Gasteiger partial charge >= 0.3 is 23.9 Å². The van der Waals surface area contributed by atoms with Crippen LogP contribution < -0.4 is 0 Å². The molecule has 0 heterocycles. The lowest BCUT2D eigenvalue weighted by Gasteiger charge is -2.07. The van der Waals surface area contributed by atoms with Crippen molar-refractivity contribution in [3.8, 4) is 0 Å². The van der Waals surface area contributed by atoms with E-state index in [0.717, 1.165) is 3.57 Å². The average molecular weight is 422 g/mol. The number of benzene rings is 1. The summed E-state index contributed by atoms with van der Waals surface area (Å²) in [4.78, 5) is 40.8. The van der Waals surface area contributed by atoms with Crippen molar-refractivity contribution in [2.75, 3.05) is 0 Å². The van der Waals surface area contributed by atoms with E-state index in [-0.39, 0.29) is 12.8 Å². The maximum atomic E-state index is 10.6. The highest BCUT2D eigenvalue weighted by molar-refractivity contribution is 14.1. The first-order chi connectivity index (χ1) is 10.1. The standard InChI is InChI=1S/C10H9IO4.C4H6O3/c11-8-3-1-2-6(4-9(12)13)7(8)5-10(14)15;1-3(5)7-4(2)6/h1-3H,4-5H2,(H,12,13)(H,14,15);1-2H3. The lowest BCUT2D eigenvalue weighted by molar-refractivity contribution is -0.156. The molecule has 1 aromatic carbocycles. The lowest BCUT2D eigenvalue weighted by atomic mass is 10.0. The average Bonchev–Trinajstić information content (AvgIpc) is 2.31. The SMILES string of the molecule is CC(=O)OC(C)=O.O=C(O)Cc1cccc(I)c1CC(=O)O. The van der Waals surface area contributed by atoms with Crippen LogP contribution in [-0.4, -0.2) is 34.1 Å². The highest BCUT2D eigenvalue weighted by Crippen LogP contribution is 2.18. The van der Waals surface area contributed by atoms with E-state index < -0.39 is 23.9 Å². The van der Waals surface area contributed by atoms with Crippen molar-refractivity contribution >= 4 is 46.5 Å². The van der Waals surface area contributed by atoms with Crippen LogP contribution in [0.1, 0.15) is 25.0 Å². The van der Waals surface area contributed by atoms with Crippen LogP contribution in [0.15, 0.2) is 18.2 Å². The van der Waals surface area contributed by atoms with Gasteiger partial charge in [0.05, 0.1) is 12.8 Å². The Kier molecular flexibility index (Phi) is 8.99. The monoisotopic (exact) mass is 422 g/mol. The van der Waals surface area contributed by atoms with Gasteiger partial charge in [0.1, 0.15) is 0 Å². The molecule has 1 rings (SSSR count). The fourth-order valence-corrected chi connectivity index (χ4v) is 2.23. The lowest BCUT2D eigenvalue weighted by Crippen LogP contribution is -2.09. The maximum absolute atomic E-state index is 10.6. The summed E-state index contributed by atoms with van der Waals surface area (Å²) >= 11 is 2.01. The molecule has 1 aromatic rings. The van der Waals surface area contributed by atoms with E-state index in [9.17, 15) is 19.2 Å². The second kappa shape index (κ2) is 9.87. The first-order valence-electron chi connectivity index (χ1n) is 6.02. The molecule has 2 N–H and O–H groups in total. The number of rotatable bonds is 4. The molecule has 0 aliphatic rings. The molecule has 7 nitrogen and oxygen atoms in total. The summed E-state index contributed by atoms with van der Waals surface area (Å²) in [6, 6.07) is 5.14. The van der Waals surface area contributed by atoms with Gasteiger partial charge in [-0.1, -0.05) is 12.1 Å². The number of carboxylic acid groups (broad SMARTS) is 2. The number of carbonyl (C=O) groups excluding carboxylic acids is 2. The number of carboxylic acids is 2. The van der Waals surface area contributed by atoms with Crippen LogP contribution in [0.5, 0.6) is 0 Å². The minimum Gasteiger partial charge on any atom is -0.481 e. The van der Waals surface area contributed by atoms with Crippen molar-refractivity contribution < 1.29 is 34.1 Å². The molecule has 0 radical (unpaired) electrons. The number of hydrogen-bond donors (Lipinski definition) is 2. The second-order valence-corrected chi connectivity index (χ2v) is 5.27. The van der Waals surface area contributed by atoms with Gasteiger partial charge in [0.15, 0.2) is 0 Å². The molecule has 0 spiro atoms. The first kappa shape index (κ1) is 20.0. The zero-order valence-electron chi connectivity index (χ0n) is 12.0. The number of halogens is 1. The van der Waals surface area contributed by atoms with Gasteiger partial charge in [0.2, 0.25) is 0 Å². The van der Waals surface area contributed by atoms with Gasteiger partial charge in [-0.2, -0.15) is 0 Å². The van der Waals surface area contributed by atoms with E-state index in [1.165, 1.54) is 13.8 Å². The van der Waals surface area contributed by atoms with Crippen molar-refractivity contribution in [1.82, 2.24) is 0 Å². The van der Waals surface area contributed by atoms with E-state index in [1.807, 2.05) is 22.6 Å². The van der Waals surface area contributed by atoms with E-state index in [1.54, 1.807) is 18.2 Å². The molecule has 0 aliphatic carbocycles. The van der Waals surface area contributed by atoms with E-state index in [2.05, 4.69) is 4.74 Å². The molecular weight excluding hydrogens is 407 g/mol. The predicted octanol–water partition coefficient (Wildman–Crippen LogP) is 1.64. The summed E-state index contributed by atoms with van der Waals surface area (Å²) in [5.74, 6) is -3.03. The molecule has 0 saturated carbocycles. The number of carbonyl (C=O) groups is 4. The first-order valence-corrected chi connectivity index (χ1v) is 7.10. The second-order valence-electron chi connectivity index (χ2n) is 4.10. The smallest absolute Gasteiger partial charge is 0.310 e. The van der Waals surface area contributed by atoms with Gasteiger partial charge in [0, 0.05) is 17.4 Å². The minimum absolute atomic E-state index is 0.137. The third kappa shape index (κ3) is 9.06. The molecule has 0 amide bonds. The zero-order valence-corrected chi connectivity index (χ0v) is 14.1. The summed E-state index contributed by atoms with van der Waals surface area (Å²) in [7, 11) is 0. The normalized spacial score (nSPS) is 9.23. The van der Waals surface area contributed by atoms with Crippen LogP contribution in [-0.2, 0) is 36.8 Å². The quantitative estimate of drug-likeness (QED) is 0.430. The topological polar surface area (TPSA) is 118 Å². The molecule has 0 unspecified atom stereocenters. The Hall–Kier alpha value is -1.97. The number of esters is 2. The highest BCUT2D eigenvalue weighted by atomic mass is 127. The molecule has 0 saturated heterocycles. The van der Waals surface area contributed by atoms with Crippen LogP contribution in [0.25, 0.3) is 0 Å². The van der Waals surface area contributed by atoms with E-state index in [0.29, 0.717) is 11.1 Å². The van der Waals surface area contributed by atoms with Crippen LogP contribution in [0.3, 0.4) is 0 Å². The van der Waals surface area contributed by atoms with Crippen molar-refractivity contribution in [2.24, 2.45) is 0 Å². The summed E-state index contributed by atoms with van der Waals surface area (Å²) < 4.78 is 4.76. The maximum Gasteiger partial charge on any atom is 0.310 e. The Morgan fingerprint density at radius 2 is 1.50 bits per heavy atom. The Morgan fingerprint density at radius 3 is 1.86 bits per heavy atom. The van der Waals surface area contributed by atoms with Crippen molar-refractivity contribution in [1.29, 1.82) is 0 Å². The van der Waals surface area contributed by atoms with E-state index in [4.69, 9.17) is 10.2 Å². The van der Waals surface area contributed by atoms with Crippen LogP contribution in [0.4, 0.5) is 0 Å². The Labute approximate surface area is 140 Å². The number of aliphatic carboxylic acids is 2. The molecule has 22 heavy (non-hydrogen) atoms. The van der Waals surface area contributed by atoms with Gasteiger partial charge in [0.25, 0.3) is 0 Å². The molecule has 8 heteroatoms. The Bertz CT molecular complexity index is 569. The van der Waals surface area contributed by atoms with Crippen LogP contribution >= 0.6 is 22.6 Å². The largest absolute Gasteiger partial charge is 0.481 e. The summed E-state index contributed by atoms with van der Waals surface area (Å²) in [6.45, 7) is 2.36. The van der Waals surface area contributed by atoms with Crippen molar-refractivity contribution in [2.45, 2.75) is 26.7 Å². The molecule has 0 aromatic heterocycles. The van der Waals surface area contributed by atoms with Crippen LogP contribution in [0, 0.1) is 3.57 Å². The molecular formula is C14H15IO7. The molecule has 0 bridgehead atoms. The number of ether oxygens (including phenoxy) is 1. The van der Waals surface area contributed by atoms with Gasteiger partial charge < -0.3 is 14.9 Å². The highest BCUT2D eigenvalue weighted by Gasteiger charge is 2.12. The van der Waals surface area contributed by atoms with Gasteiger partial charge in [-0.05, 0) is 39.8 Å². The van der Waals surface area contributed by atoms with Crippen LogP contribution in [0.2, 0.25) is 0 Å². The zero-order chi connectivity index (χ0) is 17.3. The van der Waals surface area contributed by atoms with Gasteiger partial charge in [-0.3, -0.25) is 19.2 Å². The summed E-state index contributed by atoms with van der Waals surface area (Å²) in [6.07, 6.45) is -0.277. The molecule has 0 atom stereocenters. The fourth-order valence-electron chi connectivity index (χ4n) is 1.48. The third-order valence-electron chi connectivity index (χ3n) is 2.17. The molecule has 0 fully saturated rings. The van der Waals surface area contributed by atoms with Gasteiger partial charge in [-0.25, -0.2) is 0 Å². The van der Waals surface area contributed by atoms with Crippen molar-refractivity contribution in [3.05, 3.63) is 32.9 Å². The summed E-state index contributed by atoms with van der Waals surface area (Å²) in [5.41, 5.74) is 1.16. The Morgan fingerprint density at radius 1 is 1.00 bits per heavy atom.